The molecule has 0 saturated heterocycles. The monoisotopic (exact) mass is 248 g/mol. The molecular weight excluding hydrogens is 232 g/mol. The smallest absolute Gasteiger partial charge is 0.134 e. The van der Waals surface area contributed by atoms with Gasteiger partial charge in [-0.3, -0.25) is 0 Å². The van der Waals surface area contributed by atoms with Crippen molar-refractivity contribution < 1.29 is 4.74 Å². The number of benzene rings is 1. The van der Waals surface area contributed by atoms with Gasteiger partial charge in [-0.25, -0.2) is 4.98 Å². The molecule has 0 aliphatic rings. The number of aryl methyl sites for hydroxylation is 1. The number of nitrogens with two attached hydrogens (primary N) is 1. The Labute approximate surface area is 105 Å². The van der Waals surface area contributed by atoms with Crippen LogP contribution < -0.4 is 5.73 Å². The van der Waals surface area contributed by atoms with Crippen LogP contribution >= 0.6 is 11.3 Å². The number of rotatable bonds is 4. The lowest BCUT2D eigenvalue weighted by molar-refractivity contribution is 0.136. The van der Waals surface area contributed by atoms with Gasteiger partial charge in [-0.15, -0.1) is 11.3 Å². The molecule has 0 aliphatic heterocycles. The zero-order valence-corrected chi connectivity index (χ0v) is 10.8. The molecule has 0 amide bonds. The Kier molecular flexibility index (Phi) is 3.89. The quantitative estimate of drug-likeness (QED) is 0.905. The Bertz CT molecular complexity index is 481. The second kappa shape index (κ2) is 5.40. The number of hydrogen-bond acceptors (Lipinski definition) is 4. The summed E-state index contributed by atoms with van der Waals surface area (Å²) in [5.41, 5.74) is 7.80. The Morgan fingerprint density at radius 3 is 2.59 bits per heavy atom. The van der Waals surface area contributed by atoms with E-state index in [1.165, 1.54) is 0 Å². The summed E-state index contributed by atoms with van der Waals surface area (Å²) in [5, 5.41) is 0.969. The lowest BCUT2D eigenvalue weighted by Crippen LogP contribution is -2.02. The average molecular weight is 248 g/mol. The van der Waals surface area contributed by atoms with E-state index in [9.17, 15) is 0 Å². The van der Waals surface area contributed by atoms with Gasteiger partial charge >= 0.3 is 0 Å². The SMILES string of the molecule is COC(c1ccccc1)c1nc(C)c(CN)s1. The molecule has 0 radical (unpaired) electrons. The molecule has 0 fully saturated rings. The van der Waals surface area contributed by atoms with Crippen LogP contribution in [0.1, 0.15) is 27.2 Å². The van der Waals surface area contributed by atoms with Crippen LogP contribution in [0.4, 0.5) is 0 Å². The van der Waals surface area contributed by atoms with E-state index in [4.69, 9.17) is 10.5 Å². The maximum absolute atomic E-state index is 5.67. The molecule has 1 atom stereocenters. The Hall–Kier alpha value is -1.23. The maximum Gasteiger partial charge on any atom is 0.134 e. The summed E-state index contributed by atoms with van der Waals surface area (Å²) in [6.07, 6.45) is -0.0970. The highest BCUT2D eigenvalue weighted by atomic mass is 32.1. The first-order chi connectivity index (χ1) is 8.26. The number of aromatic nitrogens is 1. The molecule has 1 unspecified atom stereocenters. The zero-order valence-electron chi connectivity index (χ0n) is 10.0. The van der Waals surface area contributed by atoms with Gasteiger partial charge < -0.3 is 10.5 Å². The van der Waals surface area contributed by atoms with E-state index in [0.29, 0.717) is 6.54 Å². The molecule has 0 aliphatic carbocycles. The van der Waals surface area contributed by atoms with Gasteiger partial charge in [0.1, 0.15) is 11.1 Å². The molecule has 1 aromatic carbocycles. The normalized spacial score (nSPS) is 12.6. The number of nitrogens with zero attached hydrogens (tertiary/aromatic N) is 1. The van der Waals surface area contributed by atoms with Gasteiger partial charge in [0.15, 0.2) is 0 Å². The molecule has 2 N–H and O–H groups in total. The van der Waals surface area contributed by atoms with Crippen molar-refractivity contribution in [3.63, 3.8) is 0 Å². The highest BCUT2D eigenvalue weighted by Gasteiger charge is 2.18. The van der Waals surface area contributed by atoms with E-state index in [-0.39, 0.29) is 6.10 Å². The summed E-state index contributed by atoms with van der Waals surface area (Å²) in [6, 6.07) is 10.1. The minimum atomic E-state index is -0.0970. The third-order valence-corrected chi connectivity index (χ3v) is 3.88. The zero-order chi connectivity index (χ0) is 12.3. The summed E-state index contributed by atoms with van der Waals surface area (Å²) in [6.45, 7) is 2.52. The number of methoxy groups -OCH3 is 1. The number of hydrogen-bond donors (Lipinski definition) is 1. The first-order valence-electron chi connectivity index (χ1n) is 5.50. The van der Waals surface area contributed by atoms with Gasteiger partial charge in [-0.05, 0) is 12.5 Å². The minimum absolute atomic E-state index is 0.0970. The molecule has 90 valence electrons. The lowest BCUT2D eigenvalue weighted by Gasteiger charge is -2.12. The topological polar surface area (TPSA) is 48.1 Å². The van der Waals surface area contributed by atoms with Gasteiger partial charge in [0.25, 0.3) is 0 Å². The van der Waals surface area contributed by atoms with E-state index in [1.807, 2.05) is 37.3 Å². The molecule has 17 heavy (non-hydrogen) atoms. The lowest BCUT2D eigenvalue weighted by atomic mass is 10.1. The molecule has 0 saturated carbocycles. The van der Waals surface area contributed by atoms with Gasteiger partial charge in [0.2, 0.25) is 0 Å². The van der Waals surface area contributed by atoms with E-state index < -0.39 is 0 Å². The van der Waals surface area contributed by atoms with Crippen LogP contribution in [-0.4, -0.2) is 12.1 Å². The van der Waals surface area contributed by atoms with Gasteiger partial charge in [0.05, 0.1) is 5.69 Å². The van der Waals surface area contributed by atoms with Crippen LogP contribution in [-0.2, 0) is 11.3 Å². The third-order valence-electron chi connectivity index (χ3n) is 2.66. The molecular formula is C13H16N2OS. The highest BCUT2D eigenvalue weighted by Crippen LogP contribution is 2.30. The van der Waals surface area contributed by atoms with Crippen LogP contribution in [0, 0.1) is 6.92 Å². The van der Waals surface area contributed by atoms with Crippen molar-refractivity contribution in [3.05, 3.63) is 51.5 Å². The van der Waals surface area contributed by atoms with Crippen LogP contribution in [0.25, 0.3) is 0 Å². The third kappa shape index (κ3) is 2.54. The van der Waals surface area contributed by atoms with Gasteiger partial charge in [0, 0.05) is 18.5 Å². The van der Waals surface area contributed by atoms with Crippen molar-refractivity contribution in [3.8, 4) is 0 Å². The Morgan fingerprint density at radius 2 is 2.06 bits per heavy atom. The Balaban J connectivity index is 2.35. The van der Waals surface area contributed by atoms with E-state index >= 15 is 0 Å². The first kappa shape index (κ1) is 12.2. The van der Waals surface area contributed by atoms with Crippen molar-refractivity contribution in [1.82, 2.24) is 4.98 Å². The summed E-state index contributed by atoms with van der Waals surface area (Å²) in [7, 11) is 1.70. The molecule has 1 heterocycles. The molecule has 1 aromatic heterocycles. The van der Waals surface area contributed by atoms with E-state index in [0.717, 1.165) is 21.1 Å². The van der Waals surface area contributed by atoms with E-state index in [2.05, 4.69) is 4.98 Å². The van der Waals surface area contributed by atoms with Crippen molar-refractivity contribution >= 4 is 11.3 Å². The maximum atomic E-state index is 5.67. The highest BCUT2D eigenvalue weighted by molar-refractivity contribution is 7.11. The van der Waals surface area contributed by atoms with Gasteiger partial charge in [-0.2, -0.15) is 0 Å². The molecule has 0 spiro atoms. The summed E-state index contributed by atoms with van der Waals surface area (Å²) < 4.78 is 5.54. The van der Waals surface area contributed by atoms with Crippen molar-refractivity contribution in [1.29, 1.82) is 0 Å². The fourth-order valence-corrected chi connectivity index (χ4v) is 2.81. The average Bonchev–Trinajstić information content (AvgIpc) is 2.73. The van der Waals surface area contributed by atoms with Crippen molar-refractivity contribution in [2.45, 2.75) is 19.6 Å². The number of thiazole rings is 1. The molecule has 2 rings (SSSR count). The summed E-state index contributed by atoms with van der Waals surface area (Å²) in [4.78, 5) is 5.67. The largest absolute Gasteiger partial charge is 0.370 e. The molecule has 4 heteroatoms. The van der Waals surface area contributed by atoms with Crippen LogP contribution in [0.15, 0.2) is 30.3 Å². The molecule has 0 bridgehead atoms. The predicted octanol–water partition coefficient (Wildman–Crippen LogP) is 2.65. The second-order valence-corrected chi connectivity index (χ2v) is 4.91. The summed E-state index contributed by atoms with van der Waals surface area (Å²) in [5.74, 6) is 0. The molecule has 2 aromatic rings. The standard InChI is InChI=1S/C13H16N2OS/c1-9-11(8-14)17-13(15-9)12(16-2)10-6-4-3-5-7-10/h3-7,12H,8,14H2,1-2H3. The van der Waals surface area contributed by atoms with Crippen LogP contribution in [0.3, 0.4) is 0 Å². The van der Waals surface area contributed by atoms with Crippen molar-refractivity contribution in [2.24, 2.45) is 5.73 Å². The fraction of sp³-hybridized carbons (Fsp3) is 0.308. The fourth-order valence-electron chi connectivity index (χ4n) is 1.76. The predicted molar refractivity (Wildman–Crippen MR) is 70.0 cm³/mol. The van der Waals surface area contributed by atoms with Gasteiger partial charge in [-0.1, -0.05) is 30.3 Å². The minimum Gasteiger partial charge on any atom is -0.370 e. The summed E-state index contributed by atoms with van der Waals surface area (Å²) >= 11 is 1.63. The van der Waals surface area contributed by atoms with Crippen molar-refractivity contribution in [2.75, 3.05) is 7.11 Å². The van der Waals surface area contributed by atoms with E-state index in [1.54, 1.807) is 18.4 Å². The van der Waals surface area contributed by atoms with Crippen LogP contribution in [0.5, 0.6) is 0 Å². The Morgan fingerprint density at radius 1 is 1.35 bits per heavy atom. The first-order valence-corrected chi connectivity index (χ1v) is 6.32. The van der Waals surface area contributed by atoms with Crippen LogP contribution in [0.2, 0.25) is 0 Å². The second-order valence-electron chi connectivity index (χ2n) is 3.79. The number of ether oxygens (including phenoxy) is 1. The molecule has 3 nitrogen and oxygen atoms in total.